The number of nitrogens with one attached hydrogen (secondary N) is 1. The summed E-state index contributed by atoms with van der Waals surface area (Å²) in [6, 6.07) is 10.5. The van der Waals surface area contributed by atoms with Gasteiger partial charge in [0.25, 0.3) is 0 Å². The Morgan fingerprint density at radius 1 is 1.24 bits per heavy atom. The first-order chi connectivity index (χ1) is 12.3. The number of benzene rings is 1. The van der Waals surface area contributed by atoms with Gasteiger partial charge in [0, 0.05) is 29.4 Å². The number of rotatable bonds is 3. The van der Waals surface area contributed by atoms with E-state index < -0.39 is 0 Å². The van der Waals surface area contributed by atoms with Crippen LogP contribution in [0.1, 0.15) is 36.2 Å². The SMILES string of the molecule is Cc1nn(CC2CCC2)c2ccc(NC3=NCc4cccnc43)cc12. The highest BCUT2D eigenvalue weighted by atomic mass is 15.3. The minimum Gasteiger partial charge on any atom is -0.339 e. The van der Waals surface area contributed by atoms with Gasteiger partial charge in [-0.05, 0) is 49.9 Å². The van der Waals surface area contributed by atoms with Gasteiger partial charge in [0.2, 0.25) is 0 Å². The van der Waals surface area contributed by atoms with Crippen LogP contribution in [0.2, 0.25) is 0 Å². The fraction of sp³-hybridized carbons (Fsp3) is 0.350. The Kier molecular flexibility index (Phi) is 3.33. The second-order valence-electron chi connectivity index (χ2n) is 7.10. The molecule has 0 radical (unpaired) electrons. The fourth-order valence-corrected chi connectivity index (χ4v) is 3.73. The van der Waals surface area contributed by atoms with Gasteiger partial charge in [-0.15, -0.1) is 0 Å². The highest BCUT2D eigenvalue weighted by Gasteiger charge is 2.20. The van der Waals surface area contributed by atoms with Crippen LogP contribution in [-0.2, 0) is 13.1 Å². The zero-order valence-electron chi connectivity index (χ0n) is 14.4. The van der Waals surface area contributed by atoms with Crippen LogP contribution >= 0.6 is 0 Å². The van der Waals surface area contributed by atoms with Gasteiger partial charge in [0.1, 0.15) is 5.69 Å². The summed E-state index contributed by atoms with van der Waals surface area (Å²) in [6.07, 6.45) is 5.87. The summed E-state index contributed by atoms with van der Waals surface area (Å²) >= 11 is 0. The van der Waals surface area contributed by atoms with E-state index in [1.807, 2.05) is 12.3 Å². The number of aromatic nitrogens is 3. The van der Waals surface area contributed by atoms with Crippen molar-refractivity contribution in [2.75, 3.05) is 5.32 Å². The van der Waals surface area contributed by atoms with E-state index in [-0.39, 0.29) is 0 Å². The second kappa shape index (κ2) is 5.69. The first kappa shape index (κ1) is 14.6. The van der Waals surface area contributed by atoms with E-state index in [2.05, 4.69) is 51.2 Å². The van der Waals surface area contributed by atoms with Crippen LogP contribution in [0.5, 0.6) is 0 Å². The quantitative estimate of drug-likeness (QED) is 0.791. The summed E-state index contributed by atoms with van der Waals surface area (Å²) in [6.45, 7) is 3.83. The molecule has 126 valence electrons. The molecule has 1 aliphatic carbocycles. The Morgan fingerprint density at radius 2 is 2.16 bits per heavy atom. The van der Waals surface area contributed by atoms with Crippen LogP contribution in [0.4, 0.5) is 5.69 Å². The van der Waals surface area contributed by atoms with Crippen molar-refractivity contribution >= 4 is 22.4 Å². The average molecular weight is 331 g/mol. The minimum absolute atomic E-state index is 0.700. The first-order valence-corrected chi connectivity index (χ1v) is 9.01. The molecule has 1 fully saturated rings. The summed E-state index contributed by atoms with van der Waals surface area (Å²) in [4.78, 5) is 9.05. The largest absolute Gasteiger partial charge is 0.339 e. The topological polar surface area (TPSA) is 55.1 Å². The Morgan fingerprint density at radius 3 is 3.00 bits per heavy atom. The third-order valence-electron chi connectivity index (χ3n) is 5.38. The average Bonchev–Trinajstić information content (AvgIpc) is 3.13. The molecular formula is C20H21N5. The minimum atomic E-state index is 0.700. The van der Waals surface area contributed by atoms with Crippen molar-refractivity contribution < 1.29 is 0 Å². The van der Waals surface area contributed by atoms with E-state index in [1.165, 1.54) is 35.7 Å². The van der Waals surface area contributed by atoms with Crippen LogP contribution in [-0.4, -0.2) is 20.6 Å². The lowest BCUT2D eigenvalue weighted by Crippen LogP contribution is -2.18. The highest BCUT2D eigenvalue weighted by molar-refractivity contribution is 6.09. The smallest absolute Gasteiger partial charge is 0.152 e. The van der Waals surface area contributed by atoms with Crippen LogP contribution in [0.3, 0.4) is 0 Å². The highest BCUT2D eigenvalue weighted by Crippen LogP contribution is 2.30. The maximum absolute atomic E-state index is 4.77. The van der Waals surface area contributed by atoms with Crippen LogP contribution < -0.4 is 5.32 Å². The van der Waals surface area contributed by atoms with E-state index in [4.69, 9.17) is 5.10 Å². The molecule has 1 aliphatic heterocycles. The van der Waals surface area contributed by atoms with Gasteiger partial charge in [-0.1, -0.05) is 12.5 Å². The lowest BCUT2D eigenvalue weighted by atomic mass is 9.85. The number of aryl methyl sites for hydroxylation is 1. The summed E-state index contributed by atoms with van der Waals surface area (Å²) in [7, 11) is 0. The van der Waals surface area contributed by atoms with E-state index in [0.717, 1.165) is 35.4 Å². The molecule has 0 saturated heterocycles. The molecule has 25 heavy (non-hydrogen) atoms. The molecule has 0 spiro atoms. The van der Waals surface area contributed by atoms with E-state index in [9.17, 15) is 0 Å². The number of anilines is 1. The molecule has 5 heteroatoms. The molecule has 2 aromatic heterocycles. The Labute approximate surface area is 146 Å². The number of nitrogens with zero attached hydrogens (tertiary/aromatic N) is 4. The zero-order chi connectivity index (χ0) is 16.8. The van der Waals surface area contributed by atoms with Crippen LogP contribution in [0, 0.1) is 12.8 Å². The summed E-state index contributed by atoms with van der Waals surface area (Å²) in [5, 5.41) is 9.42. The molecule has 0 bridgehead atoms. The third-order valence-corrected chi connectivity index (χ3v) is 5.38. The molecular weight excluding hydrogens is 310 g/mol. The van der Waals surface area contributed by atoms with E-state index >= 15 is 0 Å². The number of fused-ring (bicyclic) bond motifs is 2. The number of hydrogen-bond donors (Lipinski definition) is 1. The maximum atomic E-state index is 4.77. The molecule has 5 nitrogen and oxygen atoms in total. The molecule has 0 atom stereocenters. The van der Waals surface area contributed by atoms with E-state index in [1.54, 1.807) is 0 Å². The number of aliphatic imine (C=N–C) groups is 1. The van der Waals surface area contributed by atoms with Gasteiger partial charge in [0.05, 0.1) is 17.8 Å². The molecule has 0 amide bonds. The predicted octanol–water partition coefficient (Wildman–Crippen LogP) is 3.91. The van der Waals surface area contributed by atoms with Crippen molar-refractivity contribution in [2.45, 2.75) is 39.3 Å². The van der Waals surface area contributed by atoms with E-state index in [0.29, 0.717) is 6.54 Å². The lowest BCUT2D eigenvalue weighted by Gasteiger charge is -2.25. The molecule has 3 heterocycles. The first-order valence-electron chi connectivity index (χ1n) is 9.01. The number of amidine groups is 1. The Hall–Kier alpha value is -2.69. The Balaban J connectivity index is 1.44. The molecule has 3 aromatic rings. The number of pyridine rings is 1. The van der Waals surface area contributed by atoms with Crippen molar-refractivity contribution in [2.24, 2.45) is 10.9 Å². The third kappa shape index (κ3) is 2.51. The van der Waals surface area contributed by atoms with Gasteiger partial charge in [-0.2, -0.15) is 5.10 Å². The summed E-state index contributed by atoms with van der Waals surface area (Å²) < 4.78 is 2.18. The Bertz CT molecular complexity index is 981. The molecule has 0 unspecified atom stereocenters. The lowest BCUT2D eigenvalue weighted by molar-refractivity contribution is 0.269. The molecule has 1 saturated carbocycles. The monoisotopic (exact) mass is 331 g/mol. The number of hydrogen-bond acceptors (Lipinski definition) is 4. The van der Waals surface area contributed by atoms with Crippen molar-refractivity contribution in [1.29, 1.82) is 0 Å². The van der Waals surface area contributed by atoms with Crippen molar-refractivity contribution in [3.63, 3.8) is 0 Å². The zero-order valence-corrected chi connectivity index (χ0v) is 14.4. The summed E-state index contributed by atoms with van der Waals surface area (Å²) in [5.74, 6) is 1.66. The van der Waals surface area contributed by atoms with Gasteiger partial charge >= 0.3 is 0 Å². The molecule has 5 rings (SSSR count). The van der Waals surface area contributed by atoms with Gasteiger partial charge in [0.15, 0.2) is 5.84 Å². The van der Waals surface area contributed by atoms with Crippen LogP contribution in [0.15, 0.2) is 41.5 Å². The van der Waals surface area contributed by atoms with Gasteiger partial charge in [-0.3, -0.25) is 14.7 Å². The second-order valence-corrected chi connectivity index (χ2v) is 7.10. The van der Waals surface area contributed by atoms with Crippen molar-refractivity contribution in [3.05, 3.63) is 53.5 Å². The fourth-order valence-electron chi connectivity index (χ4n) is 3.73. The molecule has 1 N–H and O–H groups in total. The normalized spacial score (nSPS) is 16.6. The summed E-state index contributed by atoms with van der Waals surface area (Å²) in [5.41, 5.74) is 5.48. The van der Waals surface area contributed by atoms with Crippen molar-refractivity contribution in [1.82, 2.24) is 14.8 Å². The predicted molar refractivity (Wildman–Crippen MR) is 99.9 cm³/mol. The standard InChI is InChI=1S/C20H21N5/c1-13-17-10-16(23-20-19-15(11-22-20)6-3-9-21-19)7-8-18(17)25(24-13)12-14-4-2-5-14/h3,6-10,14H,2,4-5,11-12H2,1H3,(H,22,23). The maximum Gasteiger partial charge on any atom is 0.152 e. The van der Waals surface area contributed by atoms with Gasteiger partial charge in [-0.25, -0.2) is 0 Å². The van der Waals surface area contributed by atoms with Gasteiger partial charge < -0.3 is 5.32 Å². The molecule has 2 aliphatic rings. The molecule has 1 aromatic carbocycles. The van der Waals surface area contributed by atoms with Crippen LogP contribution in [0.25, 0.3) is 10.9 Å². The van der Waals surface area contributed by atoms with Crippen molar-refractivity contribution in [3.8, 4) is 0 Å².